The molecular weight excluding hydrogens is 358 g/mol. The van der Waals surface area contributed by atoms with Crippen LogP contribution in [-0.4, -0.2) is 40.9 Å². The van der Waals surface area contributed by atoms with Crippen LogP contribution in [-0.2, 0) is 6.54 Å². The molecule has 1 aliphatic rings. The van der Waals surface area contributed by atoms with Crippen molar-refractivity contribution in [1.29, 1.82) is 0 Å². The fourth-order valence-corrected chi connectivity index (χ4v) is 4.41. The molecule has 27 heavy (non-hydrogen) atoms. The maximum Gasteiger partial charge on any atom is 0.261 e. The van der Waals surface area contributed by atoms with Crippen molar-refractivity contribution in [3.05, 3.63) is 57.8 Å². The first-order valence-corrected chi connectivity index (χ1v) is 10.0. The van der Waals surface area contributed by atoms with Crippen molar-refractivity contribution >= 4 is 23.2 Å². The molecule has 0 atom stereocenters. The third-order valence-electron chi connectivity index (χ3n) is 4.54. The summed E-state index contributed by atoms with van der Waals surface area (Å²) in [5.41, 5.74) is 1.40. The van der Waals surface area contributed by atoms with E-state index in [1.807, 2.05) is 40.6 Å². The van der Waals surface area contributed by atoms with Crippen molar-refractivity contribution in [3.8, 4) is 0 Å². The molecule has 2 heterocycles. The number of hydrogen-bond donors (Lipinski definition) is 2. The minimum absolute atomic E-state index is 0.0480. The number of amides is 2. The van der Waals surface area contributed by atoms with Crippen LogP contribution in [0.15, 0.2) is 41.8 Å². The van der Waals surface area contributed by atoms with Gasteiger partial charge in [-0.2, -0.15) is 0 Å². The van der Waals surface area contributed by atoms with E-state index >= 15 is 0 Å². The molecule has 2 N–H and O–H groups in total. The summed E-state index contributed by atoms with van der Waals surface area (Å²) in [6, 6.07) is 11.2. The van der Waals surface area contributed by atoms with Gasteiger partial charge >= 0.3 is 0 Å². The molecule has 1 aromatic heterocycles. The van der Waals surface area contributed by atoms with Gasteiger partial charge in [-0.3, -0.25) is 9.59 Å². The number of thiophene rings is 1. The lowest BCUT2D eigenvalue weighted by atomic mass is 9.91. The van der Waals surface area contributed by atoms with Crippen molar-refractivity contribution in [2.24, 2.45) is 0 Å². The monoisotopic (exact) mass is 385 g/mol. The number of rotatable bonds is 4. The Kier molecular flexibility index (Phi) is 5.40. The highest BCUT2D eigenvalue weighted by Gasteiger charge is 2.38. The molecule has 0 spiro atoms. The molecule has 1 aliphatic heterocycles. The van der Waals surface area contributed by atoms with Crippen molar-refractivity contribution in [3.63, 3.8) is 0 Å². The molecule has 0 unspecified atom stereocenters. The summed E-state index contributed by atoms with van der Waals surface area (Å²) in [4.78, 5) is 27.6. The molecule has 0 aliphatic carbocycles. The lowest BCUT2D eigenvalue weighted by Gasteiger charge is -2.48. The van der Waals surface area contributed by atoms with E-state index < -0.39 is 0 Å². The van der Waals surface area contributed by atoms with Gasteiger partial charge in [0, 0.05) is 36.3 Å². The normalized spacial score (nSPS) is 18.1. The number of piperazine rings is 1. The van der Waals surface area contributed by atoms with E-state index in [-0.39, 0.29) is 22.9 Å². The first kappa shape index (κ1) is 19.6. The molecule has 0 saturated carbocycles. The summed E-state index contributed by atoms with van der Waals surface area (Å²) in [5.74, 6) is -0.0257. The molecule has 1 aromatic carbocycles. The smallest absolute Gasteiger partial charge is 0.261 e. The summed E-state index contributed by atoms with van der Waals surface area (Å²) >= 11 is 1.42. The Hall–Kier alpha value is -2.18. The fourth-order valence-electron chi connectivity index (χ4n) is 3.77. The van der Waals surface area contributed by atoms with E-state index in [0.717, 1.165) is 5.56 Å². The predicted octanol–water partition coefficient (Wildman–Crippen LogP) is 3.28. The van der Waals surface area contributed by atoms with Crippen LogP contribution in [0, 0.1) is 0 Å². The van der Waals surface area contributed by atoms with Crippen LogP contribution in [0.1, 0.15) is 53.3 Å². The van der Waals surface area contributed by atoms with Gasteiger partial charge in [-0.05, 0) is 56.8 Å². The second-order valence-corrected chi connectivity index (χ2v) is 9.36. The van der Waals surface area contributed by atoms with Crippen LogP contribution in [0.5, 0.6) is 0 Å². The lowest BCUT2D eigenvalue weighted by molar-refractivity contribution is 0.0472. The van der Waals surface area contributed by atoms with E-state index in [4.69, 9.17) is 0 Å². The fraction of sp³-hybridized carbons (Fsp3) is 0.429. The summed E-state index contributed by atoms with van der Waals surface area (Å²) in [6.45, 7) is 10.3. The van der Waals surface area contributed by atoms with Crippen LogP contribution in [0.25, 0.3) is 0 Å². The van der Waals surface area contributed by atoms with Crippen LogP contribution in [0.3, 0.4) is 0 Å². The highest BCUT2D eigenvalue weighted by Crippen LogP contribution is 2.22. The van der Waals surface area contributed by atoms with Gasteiger partial charge in [0.2, 0.25) is 0 Å². The second-order valence-electron chi connectivity index (χ2n) is 8.41. The topological polar surface area (TPSA) is 61.4 Å². The third kappa shape index (κ3) is 4.96. The molecule has 1 saturated heterocycles. The summed E-state index contributed by atoms with van der Waals surface area (Å²) in [7, 11) is 0. The van der Waals surface area contributed by atoms with Crippen molar-refractivity contribution in [2.45, 2.75) is 45.3 Å². The van der Waals surface area contributed by atoms with Crippen LogP contribution >= 0.6 is 11.3 Å². The predicted molar refractivity (Wildman–Crippen MR) is 109 cm³/mol. The summed E-state index contributed by atoms with van der Waals surface area (Å²) < 4.78 is 0. The maximum absolute atomic E-state index is 12.9. The Morgan fingerprint density at radius 3 is 2.26 bits per heavy atom. The van der Waals surface area contributed by atoms with Gasteiger partial charge in [0.25, 0.3) is 11.8 Å². The van der Waals surface area contributed by atoms with Gasteiger partial charge in [-0.25, -0.2) is 0 Å². The van der Waals surface area contributed by atoms with Gasteiger partial charge in [0.05, 0.1) is 4.88 Å². The van der Waals surface area contributed by atoms with Crippen molar-refractivity contribution in [2.75, 3.05) is 13.1 Å². The average Bonchev–Trinajstić information content (AvgIpc) is 3.11. The Balaban J connectivity index is 1.62. The van der Waals surface area contributed by atoms with Gasteiger partial charge < -0.3 is 15.5 Å². The quantitative estimate of drug-likeness (QED) is 0.849. The highest BCUT2D eigenvalue weighted by molar-refractivity contribution is 7.12. The molecule has 3 rings (SSSR count). The Bertz CT molecular complexity index is 794. The minimum atomic E-state index is -0.122. The minimum Gasteiger partial charge on any atom is -0.347 e. The van der Waals surface area contributed by atoms with E-state index in [2.05, 4.69) is 38.3 Å². The number of hydrogen-bond acceptors (Lipinski definition) is 4. The van der Waals surface area contributed by atoms with Crippen molar-refractivity contribution < 1.29 is 9.59 Å². The Labute approximate surface area is 164 Å². The summed E-state index contributed by atoms with van der Waals surface area (Å²) in [6.07, 6.45) is 0. The molecule has 0 bridgehead atoms. The van der Waals surface area contributed by atoms with Gasteiger partial charge in [-0.15, -0.1) is 11.3 Å². The first-order chi connectivity index (χ1) is 12.7. The maximum atomic E-state index is 12.9. The first-order valence-electron chi connectivity index (χ1n) is 9.15. The number of benzene rings is 1. The lowest BCUT2D eigenvalue weighted by Crippen LogP contribution is -2.67. The largest absolute Gasteiger partial charge is 0.347 e. The number of carbonyl (C=O) groups excluding carboxylic acids is 2. The second kappa shape index (κ2) is 7.44. The molecule has 6 heteroatoms. The Morgan fingerprint density at radius 1 is 1.07 bits per heavy atom. The zero-order valence-corrected chi connectivity index (χ0v) is 17.2. The van der Waals surface area contributed by atoms with Gasteiger partial charge in [0.1, 0.15) is 0 Å². The third-order valence-corrected chi connectivity index (χ3v) is 5.40. The standard InChI is InChI=1S/C21H27N3O2S/c1-20(2)13-24(14-21(3,4)23-20)19(26)16-9-7-15(8-10-16)12-22-18(25)17-6-5-11-27-17/h5-11,23H,12-14H2,1-4H3,(H,22,25). The highest BCUT2D eigenvalue weighted by atomic mass is 32.1. The number of nitrogens with zero attached hydrogens (tertiary/aromatic N) is 1. The molecular formula is C21H27N3O2S. The SMILES string of the molecule is CC1(C)CN(C(=O)c2ccc(CNC(=O)c3cccs3)cc2)CC(C)(C)N1. The Morgan fingerprint density at radius 2 is 1.70 bits per heavy atom. The number of carbonyl (C=O) groups is 2. The van der Waals surface area contributed by atoms with Crippen LogP contribution < -0.4 is 10.6 Å². The van der Waals surface area contributed by atoms with Crippen molar-refractivity contribution in [1.82, 2.24) is 15.5 Å². The number of nitrogens with one attached hydrogen (secondary N) is 2. The molecule has 5 nitrogen and oxygen atoms in total. The zero-order valence-electron chi connectivity index (χ0n) is 16.3. The molecule has 0 radical (unpaired) electrons. The molecule has 2 amide bonds. The molecule has 144 valence electrons. The average molecular weight is 386 g/mol. The van der Waals surface area contributed by atoms with E-state index in [0.29, 0.717) is 30.1 Å². The molecule has 2 aromatic rings. The van der Waals surface area contributed by atoms with E-state index in [1.165, 1.54) is 11.3 Å². The van der Waals surface area contributed by atoms with Gasteiger partial charge in [-0.1, -0.05) is 18.2 Å². The summed E-state index contributed by atoms with van der Waals surface area (Å²) in [5, 5.41) is 8.37. The molecule has 1 fully saturated rings. The zero-order chi connectivity index (χ0) is 19.7. The van der Waals surface area contributed by atoms with Gasteiger partial charge in [0.15, 0.2) is 0 Å². The van der Waals surface area contributed by atoms with E-state index in [9.17, 15) is 9.59 Å². The van der Waals surface area contributed by atoms with Crippen LogP contribution in [0.2, 0.25) is 0 Å². The van der Waals surface area contributed by atoms with Crippen LogP contribution in [0.4, 0.5) is 0 Å². The van der Waals surface area contributed by atoms with E-state index in [1.54, 1.807) is 6.07 Å².